The lowest BCUT2D eigenvalue weighted by Crippen LogP contribution is -2.42. The molecule has 1 saturated carbocycles. The Hall–Kier alpha value is -0.570. The quantitative estimate of drug-likeness (QED) is 0.555. The van der Waals surface area contributed by atoms with Crippen LogP contribution in [0.3, 0.4) is 0 Å². The summed E-state index contributed by atoms with van der Waals surface area (Å²) in [7, 11) is 0. The average Bonchev–Trinajstić information content (AvgIpc) is 2.49. The van der Waals surface area contributed by atoms with Gasteiger partial charge in [0, 0.05) is 6.04 Å². The van der Waals surface area contributed by atoms with Gasteiger partial charge in [-0.3, -0.25) is 4.79 Å². The van der Waals surface area contributed by atoms with Crippen molar-refractivity contribution in [2.75, 3.05) is 6.61 Å². The van der Waals surface area contributed by atoms with E-state index in [1.165, 1.54) is 0 Å². The molecular formula is C11H21NO2. The molecule has 82 valence electrons. The van der Waals surface area contributed by atoms with Crippen LogP contribution >= 0.6 is 0 Å². The zero-order valence-corrected chi connectivity index (χ0v) is 9.21. The lowest BCUT2D eigenvalue weighted by molar-refractivity contribution is -0.155. The molecule has 0 aromatic heterocycles. The van der Waals surface area contributed by atoms with E-state index in [0.29, 0.717) is 6.61 Å². The molecule has 0 aromatic carbocycles. The smallest absolute Gasteiger partial charge is 0.313 e. The van der Waals surface area contributed by atoms with Gasteiger partial charge in [0.1, 0.15) is 0 Å². The fraction of sp³-hybridized carbons (Fsp3) is 0.909. The summed E-state index contributed by atoms with van der Waals surface area (Å²) in [4.78, 5) is 11.8. The number of unbranched alkanes of at least 4 members (excludes halogenated alkanes) is 1. The van der Waals surface area contributed by atoms with E-state index in [1.807, 2.05) is 6.92 Å². The minimum Gasteiger partial charge on any atom is -0.465 e. The van der Waals surface area contributed by atoms with E-state index in [9.17, 15) is 4.79 Å². The first kappa shape index (κ1) is 11.5. The molecule has 0 aliphatic heterocycles. The van der Waals surface area contributed by atoms with Gasteiger partial charge in [-0.25, -0.2) is 0 Å². The Morgan fingerprint density at radius 2 is 2.36 bits per heavy atom. The lowest BCUT2D eigenvalue weighted by Gasteiger charge is -2.26. The first-order chi connectivity index (χ1) is 6.61. The predicted octanol–water partition coefficient (Wildman–Crippen LogP) is 1.85. The number of nitrogens with two attached hydrogens (primary N) is 1. The van der Waals surface area contributed by atoms with Gasteiger partial charge in [-0.2, -0.15) is 0 Å². The third-order valence-corrected chi connectivity index (χ3v) is 3.23. The predicted molar refractivity (Wildman–Crippen MR) is 55.8 cm³/mol. The molecule has 1 rings (SSSR count). The second kappa shape index (κ2) is 4.78. The van der Waals surface area contributed by atoms with E-state index in [1.54, 1.807) is 0 Å². The molecule has 0 aromatic rings. The third kappa shape index (κ3) is 2.27. The van der Waals surface area contributed by atoms with Crippen LogP contribution in [0.5, 0.6) is 0 Å². The van der Waals surface area contributed by atoms with Crippen LogP contribution in [0, 0.1) is 5.41 Å². The largest absolute Gasteiger partial charge is 0.465 e. The van der Waals surface area contributed by atoms with E-state index in [0.717, 1.165) is 32.1 Å². The maximum absolute atomic E-state index is 11.8. The second-order valence-corrected chi connectivity index (χ2v) is 4.41. The molecule has 1 fully saturated rings. The third-order valence-electron chi connectivity index (χ3n) is 3.23. The topological polar surface area (TPSA) is 52.3 Å². The molecule has 1 aliphatic rings. The van der Waals surface area contributed by atoms with Gasteiger partial charge in [-0.15, -0.1) is 0 Å². The summed E-state index contributed by atoms with van der Waals surface area (Å²) in [6.45, 7) is 4.55. The normalized spacial score (nSPS) is 31.8. The number of rotatable bonds is 4. The standard InChI is InChI=1S/C11H21NO2/c1-3-4-8-14-10(13)11(2)7-5-6-9(11)12/h9H,3-8,12H2,1-2H3. The Morgan fingerprint density at radius 1 is 1.64 bits per heavy atom. The molecule has 0 heterocycles. The van der Waals surface area contributed by atoms with E-state index < -0.39 is 5.41 Å². The number of ether oxygens (including phenoxy) is 1. The van der Waals surface area contributed by atoms with Gasteiger partial charge in [-0.05, 0) is 26.2 Å². The van der Waals surface area contributed by atoms with Crippen molar-refractivity contribution >= 4 is 5.97 Å². The maximum Gasteiger partial charge on any atom is 0.313 e. The molecule has 14 heavy (non-hydrogen) atoms. The Balaban J connectivity index is 2.42. The van der Waals surface area contributed by atoms with Crippen molar-refractivity contribution in [2.24, 2.45) is 11.1 Å². The Labute approximate surface area is 86.0 Å². The summed E-state index contributed by atoms with van der Waals surface area (Å²) < 4.78 is 5.22. The van der Waals surface area contributed by atoms with Crippen molar-refractivity contribution < 1.29 is 9.53 Å². The zero-order valence-electron chi connectivity index (χ0n) is 9.21. The van der Waals surface area contributed by atoms with Crippen molar-refractivity contribution in [1.29, 1.82) is 0 Å². The van der Waals surface area contributed by atoms with Crippen molar-refractivity contribution in [3.8, 4) is 0 Å². The molecule has 1 aliphatic carbocycles. The Bertz CT molecular complexity index is 205. The molecule has 0 spiro atoms. The number of carbonyl (C=O) groups excluding carboxylic acids is 1. The zero-order chi connectivity index (χ0) is 10.6. The molecule has 3 nitrogen and oxygen atoms in total. The first-order valence-electron chi connectivity index (χ1n) is 5.54. The molecule has 0 radical (unpaired) electrons. The van der Waals surface area contributed by atoms with Crippen LogP contribution in [0.4, 0.5) is 0 Å². The molecule has 3 heteroatoms. The minimum atomic E-state index is -0.423. The van der Waals surface area contributed by atoms with Gasteiger partial charge in [-0.1, -0.05) is 19.8 Å². The number of esters is 1. The summed E-state index contributed by atoms with van der Waals surface area (Å²) in [5.74, 6) is -0.101. The van der Waals surface area contributed by atoms with E-state index in [-0.39, 0.29) is 12.0 Å². The second-order valence-electron chi connectivity index (χ2n) is 4.41. The van der Waals surface area contributed by atoms with Crippen molar-refractivity contribution in [2.45, 2.75) is 52.0 Å². The van der Waals surface area contributed by atoms with Crippen LogP contribution in [0.25, 0.3) is 0 Å². The highest BCUT2D eigenvalue weighted by Crippen LogP contribution is 2.37. The molecular weight excluding hydrogens is 178 g/mol. The number of hydrogen-bond acceptors (Lipinski definition) is 3. The average molecular weight is 199 g/mol. The van der Waals surface area contributed by atoms with Gasteiger partial charge in [0.05, 0.1) is 12.0 Å². The SMILES string of the molecule is CCCCOC(=O)C1(C)CCCC1N. The van der Waals surface area contributed by atoms with Crippen LogP contribution < -0.4 is 5.73 Å². The van der Waals surface area contributed by atoms with E-state index in [4.69, 9.17) is 10.5 Å². The highest BCUT2D eigenvalue weighted by molar-refractivity contribution is 5.77. The van der Waals surface area contributed by atoms with Gasteiger partial charge in [0.25, 0.3) is 0 Å². The Morgan fingerprint density at radius 3 is 2.86 bits per heavy atom. The summed E-state index contributed by atoms with van der Waals surface area (Å²) >= 11 is 0. The van der Waals surface area contributed by atoms with Gasteiger partial charge < -0.3 is 10.5 Å². The maximum atomic E-state index is 11.8. The van der Waals surface area contributed by atoms with Crippen LogP contribution in [0.2, 0.25) is 0 Å². The van der Waals surface area contributed by atoms with Crippen molar-refractivity contribution in [3.05, 3.63) is 0 Å². The first-order valence-corrected chi connectivity index (χ1v) is 5.54. The number of carbonyl (C=O) groups is 1. The molecule has 0 amide bonds. The number of hydrogen-bond donors (Lipinski definition) is 1. The van der Waals surface area contributed by atoms with Crippen LogP contribution in [0.15, 0.2) is 0 Å². The van der Waals surface area contributed by atoms with Gasteiger partial charge in [0.2, 0.25) is 0 Å². The van der Waals surface area contributed by atoms with E-state index >= 15 is 0 Å². The summed E-state index contributed by atoms with van der Waals surface area (Å²) in [6, 6.07) is -0.0170. The van der Waals surface area contributed by atoms with Crippen LogP contribution in [0.1, 0.15) is 46.0 Å². The highest BCUT2D eigenvalue weighted by atomic mass is 16.5. The molecule has 0 bridgehead atoms. The van der Waals surface area contributed by atoms with Crippen LogP contribution in [-0.4, -0.2) is 18.6 Å². The fourth-order valence-corrected chi connectivity index (χ4v) is 1.92. The van der Waals surface area contributed by atoms with Gasteiger partial charge in [0.15, 0.2) is 0 Å². The van der Waals surface area contributed by atoms with Crippen molar-refractivity contribution in [1.82, 2.24) is 0 Å². The van der Waals surface area contributed by atoms with E-state index in [2.05, 4.69) is 6.92 Å². The summed E-state index contributed by atoms with van der Waals surface area (Å²) in [5.41, 5.74) is 5.49. The highest BCUT2D eigenvalue weighted by Gasteiger charge is 2.44. The molecule has 0 saturated heterocycles. The summed E-state index contributed by atoms with van der Waals surface area (Å²) in [5, 5.41) is 0. The Kier molecular flexibility index (Phi) is 3.93. The van der Waals surface area contributed by atoms with Gasteiger partial charge >= 0.3 is 5.97 Å². The summed E-state index contributed by atoms with van der Waals surface area (Å²) in [6.07, 6.45) is 4.85. The van der Waals surface area contributed by atoms with Crippen molar-refractivity contribution in [3.63, 3.8) is 0 Å². The minimum absolute atomic E-state index is 0.0170. The molecule has 2 N–H and O–H groups in total. The fourth-order valence-electron chi connectivity index (χ4n) is 1.92. The molecule has 2 unspecified atom stereocenters. The van der Waals surface area contributed by atoms with Crippen LogP contribution in [-0.2, 0) is 9.53 Å². The molecule has 2 atom stereocenters. The lowest BCUT2D eigenvalue weighted by atomic mass is 9.85. The monoisotopic (exact) mass is 199 g/mol.